The lowest BCUT2D eigenvalue weighted by Crippen LogP contribution is -1.76. The third-order valence-corrected chi connectivity index (χ3v) is 2.71. The Bertz CT molecular complexity index is 410. The summed E-state index contributed by atoms with van der Waals surface area (Å²) in [6.07, 6.45) is 0. The molecular formula is C8H4Cl2N2S. The molecule has 0 unspecified atom stereocenters. The molecule has 0 fully saturated rings. The lowest BCUT2D eigenvalue weighted by Gasteiger charge is -1.95. The molecular weight excluding hydrogens is 227 g/mol. The fraction of sp³-hybridized carbons (Fsp3) is 0. The smallest absolute Gasteiger partial charge is 0.170 e. The minimum absolute atomic E-state index is 0.437. The molecule has 0 spiro atoms. The first-order valence-electron chi connectivity index (χ1n) is 3.51. The van der Waals surface area contributed by atoms with E-state index < -0.39 is 0 Å². The highest BCUT2D eigenvalue weighted by molar-refractivity contribution is 6.99. The van der Waals surface area contributed by atoms with Crippen LogP contribution < -0.4 is 0 Å². The highest BCUT2D eigenvalue weighted by Crippen LogP contribution is 2.26. The summed E-state index contributed by atoms with van der Waals surface area (Å²) in [6, 6.07) is 7.33. The number of benzene rings is 1. The van der Waals surface area contributed by atoms with Crippen molar-refractivity contribution in [3.05, 3.63) is 34.4 Å². The van der Waals surface area contributed by atoms with Crippen LogP contribution in [0.5, 0.6) is 0 Å². The van der Waals surface area contributed by atoms with Crippen LogP contribution in [-0.4, -0.2) is 8.75 Å². The Hall–Kier alpha value is -0.640. The summed E-state index contributed by atoms with van der Waals surface area (Å²) in [5.74, 6) is 0. The van der Waals surface area contributed by atoms with Crippen LogP contribution in [0.1, 0.15) is 0 Å². The molecule has 2 nitrogen and oxygen atoms in total. The Balaban J connectivity index is 2.47. The summed E-state index contributed by atoms with van der Waals surface area (Å²) in [5.41, 5.74) is 1.64. The molecule has 0 amide bonds. The Morgan fingerprint density at radius 3 is 2.23 bits per heavy atom. The van der Waals surface area contributed by atoms with Gasteiger partial charge in [-0.05, 0) is 12.1 Å². The van der Waals surface area contributed by atoms with Gasteiger partial charge in [0.15, 0.2) is 5.15 Å². The van der Waals surface area contributed by atoms with Crippen LogP contribution >= 0.6 is 34.9 Å². The van der Waals surface area contributed by atoms with Crippen LogP contribution in [0.2, 0.25) is 10.2 Å². The summed E-state index contributed by atoms with van der Waals surface area (Å²) < 4.78 is 7.95. The lowest BCUT2D eigenvalue weighted by molar-refractivity contribution is 1.49. The molecule has 0 aliphatic rings. The van der Waals surface area contributed by atoms with E-state index in [2.05, 4.69) is 8.75 Å². The minimum Gasteiger partial charge on any atom is -0.171 e. The largest absolute Gasteiger partial charge is 0.171 e. The van der Waals surface area contributed by atoms with Crippen LogP contribution in [0.4, 0.5) is 0 Å². The topological polar surface area (TPSA) is 25.8 Å². The van der Waals surface area contributed by atoms with Gasteiger partial charge in [-0.3, -0.25) is 0 Å². The summed E-state index contributed by atoms with van der Waals surface area (Å²) in [6.45, 7) is 0. The molecule has 0 saturated heterocycles. The second kappa shape index (κ2) is 3.62. The normalized spacial score (nSPS) is 10.3. The molecule has 0 aliphatic heterocycles. The van der Waals surface area contributed by atoms with E-state index >= 15 is 0 Å². The molecule has 1 heterocycles. The van der Waals surface area contributed by atoms with E-state index in [0.29, 0.717) is 15.9 Å². The van der Waals surface area contributed by atoms with Crippen LogP contribution in [-0.2, 0) is 0 Å². The van der Waals surface area contributed by atoms with Crippen molar-refractivity contribution in [1.29, 1.82) is 0 Å². The molecule has 1 aromatic carbocycles. The van der Waals surface area contributed by atoms with Gasteiger partial charge in [-0.25, -0.2) is 0 Å². The molecule has 66 valence electrons. The van der Waals surface area contributed by atoms with E-state index in [-0.39, 0.29) is 0 Å². The van der Waals surface area contributed by atoms with E-state index in [1.807, 2.05) is 12.1 Å². The number of hydrogen-bond acceptors (Lipinski definition) is 3. The van der Waals surface area contributed by atoms with Gasteiger partial charge >= 0.3 is 0 Å². The van der Waals surface area contributed by atoms with Crippen molar-refractivity contribution in [1.82, 2.24) is 8.75 Å². The van der Waals surface area contributed by atoms with Crippen molar-refractivity contribution in [2.75, 3.05) is 0 Å². The number of hydrogen-bond donors (Lipinski definition) is 0. The number of halogens is 2. The quantitative estimate of drug-likeness (QED) is 0.750. The van der Waals surface area contributed by atoms with Gasteiger partial charge in [0.05, 0.1) is 11.7 Å². The number of nitrogens with zero attached hydrogens (tertiary/aromatic N) is 2. The number of aromatic nitrogens is 2. The van der Waals surface area contributed by atoms with Gasteiger partial charge in [0.2, 0.25) is 0 Å². The SMILES string of the molecule is Clc1ccc(-c2nsnc2Cl)cc1. The third kappa shape index (κ3) is 1.82. The highest BCUT2D eigenvalue weighted by atomic mass is 35.5. The Labute approximate surface area is 89.5 Å². The molecule has 2 rings (SSSR count). The zero-order valence-corrected chi connectivity index (χ0v) is 8.70. The third-order valence-electron chi connectivity index (χ3n) is 1.57. The van der Waals surface area contributed by atoms with Gasteiger partial charge in [0.25, 0.3) is 0 Å². The van der Waals surface area contributed by atoms with Gasteiger partial charge in [0, 0.05) is 10.6 Å². The lowest BCUT2D eigenvalue weighted by atomic mass is 10.2. The van der Waals surface area contributed by atoms with E-state index in [4.69, 9.17) is 23.2 Å². The van der Waals surface area contributed by atoms with Crippen molar-refractivity contribution < 1.29 is 0 Å². The zero-order valence-electron chi connectivity index (χ0n) is 6.37. The predicted octanol–water partition coefficient (Wildman–Crippen LogP) is 3.51. The number of rotatable bonds is 1. The fourth-order valence-corrected chi connectivity index (χ4v) is 1.85. The maximum absolute atomic E-state index is 5.82. The van der Waals surface area contributed by atoms with E-state index in [1.165, 1.54) is 0 Å². The van der Waals surface area contributed by atoms with E-state index in [1.54, 1.807) is 12.1 Å². The maximum Gasteiger partial charge on any atom is 0.170 e. The first kappa shape index (κ1) is 8.94. The van der Waals surface area contributed by atoms with Gasteiger partial charge < -0.3 is 0 Å². The van der Waals surface area contributed by atoms with Crippen molar-refractivity contribution in [2.45, 2.75) is 0 Å². The molecule has 0 saturated carbocycles. The summed E-state index contributed by atoms with van der Waals surface area (Å²) >= 11 is 12.7. The van der Waals surface area contributed by atoms with Gasteiger partial charge in [-0.15, -0.1) is 0 Å². The maximum atomic E-state index is 5.82. The van der Waals surface area contributed by atoms with Gasteiger partial charge in [-0.1, -0.05) is 35.3 Å². The van der Waals surface area contributed by atoms with Crippen LogP contribution in [0.25, 0.3) is 11.3 Å². The average molecular weight is 231 g/mol. The molecule has 2 aromatic rings. The molecule has 0 aliphatic carbocycles. The first-order valence-corrected chi connectivity index (χ1v) is 5.00. The molecule has 1 aromatic heterocycles. The minimum atomic E-state index is 0.437. The molecule has 0 atom stereocenters. The average Bonchev–Trinajstić information content (AvgIpc) is 2.53. The Morgan fingerprint density at radius 2 is 1.69 bits per heavy atom. The van der Waals surface area contributed by atoms with Crippen LogP contribution in [0.3, 0.4) is 0 Å². The zero-order chi connectivity index (χ0) is 9.26. The molecule has 13 heavy (non-hydrogen) atoms. The van der Waals surface area contributed by atoms with Gasteiger partial charge in [-0.2, -0.15) is 8.75 Å². The van der Waals surface area contributed by atoms with Crippen LogP contribution in [0, 0.1) is 0 Å². The molecule has 0 N–H and O–H groups in total. The van der Waals surface area contributed by atoms with E-state index in [9.17, 15) is 0 Å². The highest BCUT2D eigenvalue weighted by Gasteiger charge is 2.06. The molecule has 5 heteroatoms. The van der Waals surface area contributed by atoms with Crippen molar-refractivity contribution >= 4 is 34.9 Å². The Kier molecular flexibility index (Phi) is 2.49. The first-order chi connectivity index (χ1) is 6.27. The predicted molar refractivity (Wildman–Crippen MR) is 55.4 cm³/mol. The summed E-state index contributed by atoms with van der Waals surface area (Å²) in [4.78, 5) is 0. The Morgan fingerprint density at radius 1 is 1.00 bits per heavy atom. The summed E-state index contributed by atoms with van der Waals surface area (Å²) in [5, 5.41) is 1.13. The monoisotopic (exact) mass is 230 g/mol. The van der Waals surface area contributed by atoms with Crippen molar-refractivity contribution in [3.63, 3.8) is 0 Å². The second-order valence-electron chi connectivity index (χ2n) is 2.41. The molecule has 0 radical (unpaired) electrons. The van der Waals surface area contributed by atoms with Crippen LogP contribution in [0.15, 0.2) is 24.3 Å². The second-order valence-corrected chi connectivity index (χ2v) is 3.73. The fourth-order valence-electron chi connectivity index (χ4n) is 0.958. The standard InChI is InChI=1S/C8H4Cl2N2S/c9-6-3-1-5(2-4-6)7-8(10)12-13-11-7/h1-4H. The van der Waals surface area contributed by atoms with Crippen molar-refractivity contribution in [2.24, 2.45) is 0 Å². The summed E-state index contributed by atoms with van der Waals surface area (Å²) in [7, 11) is 0. The van der Waals surface area contributed by atoms with E-state index in [0.717, 1.165) is 17.3 Å². The van der Waals surface area contributed by atoms with Crippen molar-refractivity contribution in [3.8, 4) is 11.3 Å². The molecule has 0 bridgehead atoms. The van der Waals surface area contributed by atoms with Gasteiger partial charge in [0.1, 0.15) is 5.69 Å².